The van der Waals surface area contributed by atoms with Crippen LogP contribution >= 0.6 is 11.6 Å². The summed E-state index contributed by atoms with van der Waals surface area (Å²) in [5.74, 6) is -0.00385. The number of benzene rings is 2. The number of nitrogens with one attached hydrogen (secondary N) is 2. The van der Waals surface area contributed by atoms with Crippen LogP contribution in [-0.4, -0.2) is 24.4 Å². The van der Waals surface area contributed by atoms with E-state index >= 15 is 0 Å². The van der Waals surface area contributed by atoms with Gasteiger partial charge in [-0.05, 0) is 56.2 Å². The molecular weight excluding hydrogens is 350 g/mol. The predicted octanol–water partition coefficient (Wildman–Crippen LogP) is 4.21. The molecule has 1 fully saturated rings. The molecule has 2 aromatic carbocycles. The molecule has 1 atom stereocenters. The van der Waals surface area contributed by atoms with Gasteiger partial charge in [-0.1, -0.05) is 23.7 Å². The maximum Gasteiger partial charge on any atom is 0.246 e. The predicted molar refractivity (Wildman–Crippen MR) is 106 cm³/mol. The summed E-state index contributed by atoms with van der Waals surface area (Å²) in [5, 5.41) is 6.52. The maximum absolute atomic E-state index is 12.4. The van der Waals surface area contributed by atoms with Crippen LogP contribution in [0, 0.1) is 6.92 Å². The number of hydrogen-bond acceptors (Lipinski definition) is 3. The Bertz CT molecular complexity index is 838. The molecule has 2 amide bonds. The van der Waals surface area contributed by atoms with Crippen LogP contribution in [0.2, 0.25) is 5.02 Å². The molecular formula is C20H22ClN3O2. The molecule has 1 aliphatic rings. The van der Waals surface area contributed by atoms with Crippen molar-refractivity contribution in [3.63, 3.8) is 0 Å². The van der Waals surface area contributed by atoms with Gasteiger partial charge < -0.3 is 15.5 Å². The summed E-state index contributed by atoms with van der Waals surface area (Å²) >= 11 is 6.08. The van der Waals surface area contributed by atoms with Crippen molar-refractivity contribution in [3.05, 3.63) is 53.1 Å². The van der Waals surface area contributed by atoms with E-state index in [1.807, 2.05) is 42.2 Å². The first kappa shape index (κ1) is 18.3. The number of amides is 2. The number of hydrogen-bond donors (Lipinski definition) is 2. The Hall–Kier alpha value is -2.53. The number of aryl methyl sites for hydroxylation is 1. The molecule has 0 saturated carbocycles. The van der Waals surface area contributed by atoms with E-state index in [1.54, 1.807) is 19.1 Å². The van der Waals surface area contributed by atoms with Crippen LogP contribution in [0.25, 0.3) is 0 Å². The van der Waals surface area contributed by atoms with Gasteiger partial charge in [0.2, 0.25) is 11.8 Å². The highest BCUT2D eigenvalue weighted by molar-refractivity contribution is 6.33. The van der Waals surface area contributed by atoms with E-state index in [0.29, 0.717) is 17.1 Å². The summed E-state index contributed by atoms with van der Waals surface area (Å²) in [7, 11) is 0. The molecule has 0 radical (unpaired) electrons. The second kappa shape index (κ2) is 7.79. The van der Waals surface area contributed by atoms with Crippen LogP contribution in [0.15, 0.2) is 42.5 Å². The van der Waals surface area contributed by atoms with E-state index in [4.69, 9.17) is 11.6 Å². The largest absolute Gasteiger partial charge is 0.374 e. The third-order valence-electron chi connectivity index (χ3n) is 4.47. The van der Waals surface area contributed by atoms with Gasteiger partial charge in [0.25, 0.3) is 0 Å². The number of nitrogens with zero attached hydrogens (tertiary/aromatic N) is 1. The van der Waals surface area contributed by atoms with Crippen molar-refractivity contribution in [2.45, 2.75) is 32.7 Å². The van der Waals surface area contributed by atoms with Gasteiger partial charge in [0.1, 0.15) is 6.04 Å². The second-order valence-corrected chi connectivity index (χ2v) is 6.89. The number of carbonyl (C=O) groups is 2. The van der Waals surface area contributed by atoms with Crippen LogP contribution in [-0.2, 0) is 9.59 Å². The zero-order chi connectivity index (χ0) is 18.7. The van der Waals surface area contributed by atoms with Crippen molar-refractivity contribution in [2.75, 3.05) is 22.1 Å². The standard InChI is InChI=1S/C20H22ClN3O2/c1-13-12-15(9-10-18(13)24-11-5-8-19(24)25)22-14(2)20(26)23-17-7-4-3-6-16(17)21/h3-4,6-7,9-10,12,14,22H,5,8,11H2,1-2H3,(H,23,26). The normalized spacial score (nSPS) is 15.0. The fourth-order valence-corrected chi connectivity index (χ4v) is 3.25. The van der Waals surface area contributed by atoms with Crippen molar-refractivity contribution in [2.24, 2.45) is 0 Å². The quantitative estimate of drug-likeness (QED) is 0.827. The molecule has 3 rings (SSSR count). The van der Waals surface area contributed by atoms with Crippen molar-refractivity contribution in [1.29, 1.82) is 0 Å². The molecule has 5 nitrogen and oxygen atoms in total. The third kappa shape index (κ3) is 3.99. The third-order valence-corrected chi connectivity index (χ3v) is 4.80. The zero-order valence-electron chi connectivity index (χ0n) is 14.9. The summed E-state index contributed by atoms with van der Waals surface area (Å²) in [5.41, 5.74) is 3.36. The van der Waals surface area contributed by atoms with Crippen molar-refractivity contribution in [3.8, 4) is 0 Å². The minimum Gasteiger partial charge on any atom is -0.374 e. The lowest BCUT2D eigenvalue weighted by molar-refractivity contribution is -0.117. The van der Waals surface area contributed by atoms with Gasteiger partial charge in [-0.15, -0.1) is 0 Å². The number of anilines is 3. The van der Waals surface area contributed by atoms with E-state index in [-0.39, 0.29) is 11.8 Å². The Morgan fingerprint density at radius 3 is 2.65 bits per heavy atom. The summed E-state index contributed by atoms with van der Waals surface area (Å²) in [6.45, 7) is 4.53. The molecule has 1 heterocycles. The van der Waals surface area contributed by atoms with E-state index in [0.717, 1.165) is 29.9 Å². The first-order valence-corrected chi connectivity index (χ1v) is 9.06. The number of carbonyl (C=O) groups excluding carboxylic acids is 2. The Morgan fingerprint density at radius 1 is 1.23 bits per heavy atom. The maximum atomic E-state index is 12.4. The highest BCUT2D eigenvalue weighted by Gasteiger charge is 2.23. The van der Waals surface area contributed by atoms with E-state index in [9.17, 15) is 9.59 Å². The summed E-state index contributed by atoms with van der Waals surface area (Å²) in [6, 6.07) is 12.5. The van der Waals surface area contributed by atoms with E-state index < -0.39 is 6.04 Å². The molecule has 6 heteroatoms. The highest BCUT2D eigenvalue weighted by atomic mass is 35.5. The van der Waals surface area contributed by atoms with Gasteiger partial charge in [0.05, 0.1) is 10.7 Å². The lowest BCUT2D eigenvalue weighted by Gasteiger charge is -2.20. The second-order valence-electron chi connectivity index (χ2n) is 6.49. The Kier molecular flexibility index (Phi) is 5.47. The molecule has 0 spiro atoms. The molecule has 0 bridgehead atoms. The molecule has 136 valence electrons. The average Bonchev–Trinajstić information content (AvgIpc) is 3.03. The van der Waals surface area contributed by atoms with Crippen LogP contribution < -0.4 is 15.5 Å². The lowest BCUT2D eigenvalue weighted by atomic mass is 10.1. The van der Waals surface area contributed by atoms with Crippen LogP contribution in [0.4, 0.5) is 17.1 Å². The SMILES string of the molecule is Cc1cc(NC(C)C(=O)Nc2ccccc2Cl)ccc1N1CCCC1=O. The molecule has 1 unspecified atom stereocenters. The van der Waals surface area contributed by atoms with Gasteiger partial charge in [-0.25, -0.2) is 0 Å². The molecule has 2 aromatic rings. The number of halogens is 1. The molecule has 1 aliphatic heterocycles. The molecule has 0 aliphatic carbocycles. The highest BCUT2D eigenvalue weighted by Crippen LogP contribution is 2.28. The van der Waals surface area contributed by atoms with E-state index in [1.165, 1.54) is 0 Å². The van der Waals surface area contributed by atoms with Gasteiger partial charge in [-0.2, -0.15) is 0 Å². The first-order valence-electron chi connectivity index (χ1n) is 8.68. The first-order chi connectivity index (χ1) is 12.5. The molecule has 26 heavy (non-hydrogen) atoms. The topological polar surface area (TPSA) is 61.4 Å². The fourth-order valence-electron chi connectivity index (χ4n) is 3.07. The summed E-state index contributed by atoms with van der Waals surface area (Å²) in [6.07, 6.45) is 1.51. The Morgan fingerprint density at radius 2 is 2.00 bits per heavy atom. The van der Waals surface area contributed by atoms with Gasteiger partial charge in [0.15, 0.2) is 0 Å². The van der Waals surface area contributed by atoms with Crippen LogP contribution in [0.1, 0.15) is 25.3 Å². The summed E-state index contributed by atoms with van der Waals surface area (Å²) < 4.78 is 0. The number of para-hydroxylation sites is 1. The van der Waals surface area contributed by atoms with Crippen molar-refractivity contribution < 1.29 is 9.59 Å². The van der Waals surface area contributed by atoms with Crippen molar-refractivity contribution in [1.82, 2.24) is 0 Å². The Balaban J connectivity index is 1.66. The monoisotopic (exact) mass is 371 g/mol. The van der Waals surface area contributed by atoms with Gasteiger partial charge in [0, 0.05) is 24.3 Å². The summed E-state index contributed by atoms with van der Waals surface area (Å²) in [4.78, 5) is 26.1. The van der Waals surface area contributed by atoms with Crippen molar-refractivity contribution >= 4 is 40.5 Å². The molecule has 2 N–H and O–H groups in total. The minimum atomic E-state index is -0.440. The zero-order valence-corrected chi connectivity index (χ0v) is 15.6. The smallest absolute Gasteiger partial charge is 0.246 e. The lowest BCUT2D eigenvalue weighted by Crippen LogP contribution is -2.32. The molecule has 1 saturated heterocycles. The molecule has 0 aromatic heterocycles. The van der Waals surface area contributed by atoms with Gasteiger partial charge in [-0.3, -0.25) is 9.59 Å². The van der Waals surface area contributed by atoms with Crippen LogP contribution in [0.5, 0.6) is 0 Å². The fraction of sp³-hybridized carbons (Fsp3) is 0.300. The average molecular weight is 372 g/mol. The minimum absolute atomic E-state index is 0.168. The Labute approximate surface area is 158 Å². The van der Waals surface area contributed by atoms with E-state index in [2.05, 4.69) is 10.6 Å². The van der Waals surface area contributed by atoms with Gasteiger partial charge >= 0.3 is 0 Å². The number of rotatable bonds is 5. The van der Waals surface area contributed by atoms with Crippen LogP contribution in [0.3, 0.4) is 0 Å².